The van der Waals surface area contributed by atoms with E-state index in [1.54, 1.807) is 35.2 Å². The van der Waals surface area contributed by atoms with Crippen LogP contribution in [0.2, 0.25) is 0 Å². The van der Waals surface area contributed by atoms with Gasteiger partial charge in [0.05, 0.1) is 11.6 Å². The fourth-order valence-electron chi connectivity index (χ4n) is 5.06. The molecule has 0 N–H and O–H groups in total. The number of benzene rings is 1. The molecule has 1 aliphatic heterocycles. The van der Waals surface area contributed by atoms with Crippen molar-refractivity contribution >= 4 is 5.91 Å². The van der Waals surface area contributed by atoms with E-state index < -0.39 is 17.7 Å². The summed E-state index contributed by atoms with van der Waals surface area (Å²) >= 11 is 0. The molecule has 3 heterocycles. The van der Waals surface area contributed by atoms with Crippen LogP contribution in [0.1, 0.15) is 35.7 Å². The van der Waals surface area contributed by atoms with E-state index in [-0.39, 0.29) is 35.9 Å². The lowest BCUT2D eigenvalue weighted by Gasteiger charge is -2.38. The molecule has 2 fully saturated rings. The van der Waals surface area contributed by atoms with E-state index in [9.17, 15) is 22.4 Å². The number of carbonyl (C=O) groups excluding carboxylic acids is 1. The predicted molar refractivity (Wildman–Crippen MR) is 115 cm³/mol. The van der Waals surface area contributed by atoms with E-state index in [0.29, 0.717) is 23.1 Å². The van der Waals surface area contributed by atoms with Gasteiger partial charge in [-0.2, -0.15) is 17.6 Å². The summed E-state index contributed by atoms with van der Waals surface area (Å²) in [5.74, 6) is -0.458. The van der Waals surface area contributed by atoms with Crippen molar-refractivity contribution in [2.24, 2.45) is 5.92 Å². The predicted octanol–water partition coefficient (Wildman–Crippen LogP) is 5.37. The van der Waals surface area contributed by atoms with Crippen LogP contribution in [0.3, 0.4) is 0 Å². The Morgan fingerprint density at radius 1 is 1.03 bits per heavy atom. The third-order valence-corrected chi connectivity index (χ3v) is 6.75. The Hall–Kier alpha value is -3.49. The van der Waals surface area contributed by atoms with Gasteiger partial charge in [0.15, 0.2) is 0 Å². The first kappa shape index (κ1) is 22.3. The maximum Gasteiger partial charge on any atom is 0.417 e. The molecule has 9 heteroatoms. The topological polar surface area (TPSA) is 55.3 Å². The summed E-state index contributed by atoms with van der Waals surface area (Å²) in [6.45, 7) is 2.00. The van der Waals surface area contributed by atoms with Crippen molar-refractivity contribution in [1.29, 1.82) is 0 Å². The van der Waals surface area contributed by atoms with E-state index in [1.165, 1.54) is 18.3 Å². The average molecular weight is 471 g/mol. The molecule has 1 saturated heterocycles. The summed E-state index contributed by atoms with van der Waals surface area (Å²) in [5, 5.41) is 0. The summed E-state index contributed by atoms with van der Waals surface area (Å²) in [4.78, 5) is 23.0. The number of aromatic nitrogens is 2. The number of hydrogen-bond acceptors (Lipinski definition) is 4. The number of pyridine rings is 2. The molecular formula is C25H21F4N3O2. The minimum absolute atomic E-state index is 0.0164. The van der Waals surface area contributed by atoms with Crippen molar-refractivity contribution in [2.45, 2.75) is 44.1 Å². The molecule has 1 aliphatic carbocycles. The average Bonchev–Trinajstić information content (AvgIpc) is 3.36. The summed E-state index contributed by atoms with van der Waals surface area (Å²) < 4.78 is 57.7. The molecule has 0 spiro atoms. The second kappa shape index (κ2) is 8.38. The number of rotatable bonds is 4. The maximum absolute atomic E-state index is 13.7. The van der Waals surface area contributed by atoms with Gasteiger partial charge in [-0.05, 0) is 55.5 Å². The molecular weight excluding hydrogens is 450 g/mol. The maximum atomic E-state index is 13.7. The Morgan fingerprint density at radius 3 is 2.47 bits per heavy atom. The zero-order valence-corrected chi connectivity index (χ0v) is 18.2. The first-order chi connectivity index (χ1) is 16.2. The Bertz CT molecular complexity index is 1200. The van der Waals surface area contributed by atoms with Gasteiger partial charge in [-0.15, -0.1) is 0 Å². The highest BCUT2D eigenvalue weighted by Gasteiger charge is 2.53. The second-order valence-electron chi connectivity index (χ2n) is 8.71. The molecule has 0 radical (unpaired) electrons. The number of ether oxygens (including phenoxy) is 1. The zero-order valence-electron chi connectivity index (χ0n) is 18.2. The summed E-state index contributed by atoms with van der Waals surface area (Å²) in [6.07, 6.45) is -1.25. The molecule has 176 valence electrons. The Labute approximate surface area is 193 Å². The normalized spacial score (nSPS) is 23.9. The lowest BCUT2D eigenvalue weighted by Crippen LogP contribution is -2.51. The number of halogens is 4. The molecule has 34 heavy (non-hydrogen) atoms. The number of nitrogens with zero attached hydrogens (tertiary/aromatic N) is 3. The Morgan fingerprint density at radius 2 is 1.82 bits per heavy atom. The van der Waals surface area contributed by atoms with Gasteiger partial charge in [0.2, 0.25) is 11.8 Å². The molecule has 5 nitrogen and oxygen atoms in total. The molecule has 2 bridgehead atoms. The molecule has 1 amide bonds. The van der Waals surface area contributed by atoms with Crippen LogP contribution in [-0.4, -0.2) is 39.0 Å². The Kier molecular flexibility index (Phi) is 5.50. The number of alkyl halides is 3. The number of piperidine rings is 1. The highest BCUT2D eigenvalue weighted by Crippen LogP contribution is 2.45. The molecule has 2 aromatic heterocycles. The number of likely N-dealkylation sites (tertiary alicyclic amines) is 1. The fourth-order valence-corrected chi connectivity index (χ4v) is 5.06. The first-order valence-electron chi connectivity index (χ1n) is 11.0. The van der Waals surface area contributed by atoms with Gasteiger partial charge in [0.25, 0.3) is 5.91 Å². The van der Waals surface area contributed by atoms with Gasteiger partial charge in [-0.1, -0.05) is 18.2 Å². The van der Waals surface area contributed by atoms with Crippen molar-refractivity contribution in [3.8, 4) is 17.0 Å². The van der Waals surface area contributed by atoms with Crippen LogP contribution in [0.15, 0.2) is 60.9 Å². The molecule has 2 aliphatic rings. The van der Waals surface area contributed by atoms with Crippen LogP contribution in [-0.2, 0) is 6.18 Å². The van der Waals surface area contributed by atoms with Crippen molar-refractivity contribution < 1.29 is 27.1 Å². The summed E-state index contributed by atoms with van der Waals surface area (Å²) in [5.41, 5.74) is 0.910. The number of carbonyl (C=O) groups is 1. The lowest BCUT2D eigenvalue weighted by atomic mass is 9.96. The highest BCUT2D eigenvalue weighted by molar-refractivity contribution is 6.01. The molecule has 0 unspecified atom stereocenters. The van der Waals surface area contributed by atoms with E-state index in [0.717, 1.165) is 18.7 Å². The van der Waals surface area contributed by atoms with Crippen LogP contribution in [0.25, 0.3) is 11.1 Å². The van der Waals surface area contributed by atoms with E-state index >= 15 is 0 Å². The van der Waals surface area contributed by atoms with Crippen molar-refractivity contribution in [2.75, 3.05) is 0 Å². The molecule has 1 aromatic carbocycles. The van der Waals surface area contributed by atoms with Crippen molar-refractivity contribution in [3.05, 3.63) is 78.0 Å². The summed E-state index contributed by atoms with van der Waals surface area (Å²) in [6, 6.07) is 11.8. The standard InChI is InChI=1S/C25H21F4N3O2/c1-14-16-10-20(21(11-16)34-23-9-7-17(13-31-23)25(27,28)29)32(14)24(33)19-5-3-2-4-18(19)15-6-8-22(26)30-12-15/h2-9,12-14,16,20-21H,10-11H2,1H3/t14-,16-,20+,21-/m1/s1. The van der Waals surface area contributed by atoms with Gasteiger partial charge < -0.3 is 9.64 Å². The summed E-state index contributed by atoms with van der Waals surface area (Å²) in [7, 11) is 0. The zero-order chi connectivity index (χ0) is 24.0. The van der Waals surface area contributed by atoms with E-state index in [4.69, 9.17) is 4.74 Å². The number of fused-ring (bicyclic) bond motifs is 2. The quantitative estimate of drug-likeness (QED) is 0.379. The lowest BCUT2D eigenvalue weighted by molar-refractivity contribution is -0.137. The van der Waals surface area contributed by atoms with Gasteiger partial charge >= 0.3 is 6.18 Å². The minimum Gasteiger partial charge on any atom is -0.472 e. The molecule has 5 rings (SSSR count). The smallest absolute Gasteiger partial charge is 0.417 e. The fraction of sp³-hybridized carbons (Fsp3) is 0.320. The minimum atomic E-state index is -4.47. The van der Waals surface area contributed by atoms with Gasteiger partial charge in [-0.3, -0.25) is 4.79 Å². The van der Waals surface area contributed by atoms with Crippen LogP contribution in [0.4, 0.5) is 17.6 Å². The third-order valence-electron chi connectivity index (χ3n) is 6.75. The Balaban J connectivity index is 1.39. The number of amides is 1. The second-order valence-corrected chi connectivity index (χ2v) is 8.71. The molecule has 1 saturated carbocycles. The monoisotopic (exact) mass is 471 g/mol. The van der Waals surface area contributed by atoms with E-state index in [1.807, 2.05) is 6.92 Å². The SMILES string of the molecule is C[C@@H]1[C@H]2C[C@@H](Oc3ccc(C(F)(F)F)cn3)[C@H](C2)N1C(=O)c1ccccc1-c1ccc(F)nc1. The van der Waals surface area contributed by atoms with Gasteiger partial charge in [0.1, 0.15) is 6.10 Å². The number of hydrogen-bond donors (Lipinski definition) is 0. The first-order valence-corrected chi connectivity index (χ1v) is 11.0. The van der Waals surface area contributed by atoms with Crippen LogP contribution in [0, 0.1) is 11.9 Å². The van der Waals surface area contributed by atoms with Crippen LogP contribution in [0.5, 0.6) is 5.88 Å². The highest BCUT2D eigenvalue weighted by atomic mass is 19.4. The molecule has 4 atom stereocenters. The van der Waals surface area contributed by atoms with Crippen molar-refractivity contribution in [1.82, 2.24) is 14.9 Å². The van der Waals surface area contributed by atoms with Gasteiger partial charge in [-0.25, -0.2) is 9.97 Å². The van der Waals surface area contributed by atoms with Crippen LogP contribution < -0.4 is 4.74 Å². The third kappa shape index (κ3) is 3.99. The van der Waals surface area contributed by atoms with Crippen molar-refractivity contribution in [3.63, 3.8) is 0 Å². The largest absolute Gasteiger partial charge is 0.472 e. The van der Waals surface area contributed by atoms with Gasteiger partial charge in [0, 0.05) is 35.6 Å². The van der Waals surface area contributed by atoms with Crippen LogP contribution >= 0.6 is 0 Å². The van der Waals surface area contributed by atoms with E-state index in [2.05, 4.69) is 9.97 Å². The molecule has 3 aromatic rings.